The van der Waals surface area contributed by atoms with Gasteiger partial charge in [0.1, 0.15) is 22.5 Å². The van der Waals surface area contributed by atoms with Crippen LogP contribution in [0.25, 0.3) is 49.7 Å². The van der Waals surface area contributed by atoms with Gasteiger partial charge in [0.2, 0.25) is 0 Å². The number of rotatable bonds is 6. The summed E-state index contributed by atoms with van der Waals surface area (Å²) >= 11 is 0. The summed E-state index contributed by atoms with van der Waals surface area (Å²) in [5.41, 5.74) is 32.4. The van der Waals surface area contributed by atoms with Crippen LogP contribution >= 0.6 is 0 Å². The molecule has 3 atom stereocenters. The van der Waals surface area contributed by atoms with Gasteiger partial charge in [0.05, 0.1) is 28.4 Å². The average Bonchev–Trinajstić information content (AvgIpc) is 3.91. The Morgan fingerprint density at radius 3 is 1.55 bits per heavy atom. The minimum atomic E-state index is -0.670. The number of nitrogens with zero attached hydrogens (tertiary/aromatic N) is 2. The highest BCUT2D eigenvalue weighted by molar-refractivity contribution is 6.16. The summed E-state index contributed by atoms with van der Waals surface area (Å²) in [4.78, 5) is 5.26. The Morgan fingerprint density at radius 2 is 0.987 bits per heavy atom. The Morgan fingerprint density at radius 1 is 0.494 bits per heavy atom. The van der Waals surface area contributed by atoms with E-state index in [0.29, 0.717) is 0 Å². The predicted molar refractivity (Wildman–Crippen MR) is 322 cm³/mol. The van der Waals surface area contributed by atoms with Crippen molar-refractivity contribution < 1.29 is 8.83 Å². The lowest BCUT2D eigenvalue weighted by molar-refractivity contribution is 0.405. The molecule has 0 aliphatic heterocycles. The maximum absolute atomic E-state index is 7.64. The second-order valence-electron chi connectivity index (χ2n) is 23.3. The highest BCUT2D eigenvalue weighted by atomic mass is 16.3. The van der Waals surface area contributed by atoms with Crippen LogP contribution in [0, 0.1) is 68.2 Å². The average molecular weight is 1000 g/mol. The molecule has 0 amide bonds. The molecule has 0 fully saturated rings. The van der Waals surface area contributed by atoms with Crippen molar-refractivity contribution in [2.75, 3.05) is 9.80 Å². The zero-order valence-corrected chi connectivity index (χ0v) is 46.6. The number of furan rings is 2. The molecule has 77 heavy (non-hydrogen) atoms. The number of para-hydroxylation sites is 2. The van der Waals surface area contributed by atoms with Crippen molar-refractivity contribution in [3.8, 4) is 11.1 Å². The summed E-state index contributed by atoms with van der Waals surface area (Å²) in [6.45, 7) is 27.3. The number of hydrogen-bond acceptors (Lipinski definition) is 4. The van der Waals surface area contributed by atoms with Gasteiger partial charge in [-0.05, 0) is 228 Å². The largest absolute Gasteiger partial charge is 0.460 e. The summed E-state index contributed by atoms with van der Waals surface area (Å²) in [5, 5.41) is 3.34. The molecule has 2 heterocycles. The quantitative estimate of drug-likeness (QED) is 0.166. The molecule has 0 saturated heterocycles. The summed E-state index contributed by atoms with van der Waals surface area (Å²) < 4.78 is 15.2. The molecule has 0 radical (unpaired) electrons. The molecule has 14 rings (SSSR count). The van der Waals surface area contributed by atoms with E-state index in [1.54, 1.807) is 0 Å². The van der Waals surface area contributed by atoms with Crippen LogP contribution in [0.5, 0.6) is 0 Å². The molecule has 380 valence electrons. The highest BCUT2D eigenvalue weighted by Crippen LogP contribution is 2.70. The van der Waals surface area contributed by atoms with Crippen LogP contribution in [0.2, 0.25) is 0 Å². The summed E-state index contributed by atoms with van der Waals surface area (Å²) in [6.07, 6.45) is 6.16. The van der Waals surface area contributed by atoms with Crippen LogP contribution < -0.4 is 9.80 Å². The third-order valence-corrected chi connectivity index (χ3v) is 19.3. The van der Waals surface area contributed by atoms with Crippen molar-refractivity contribution in [1.29, 1.82) is 0 Å². The lowest BCUT2D eigenvalue weighted by atomic mass is 9.64. The first kappa shape index (κ1) is 47.4. The first-order chi connectivity index (χ1) is 37.1. The zero-order chi connectivity index (χ0) is 53.1. The third-order valence-electron chi connectivity index (χ3n) is 19.3. The molecule has 1 spiro atoms. The van der Waals surface area contributed by atoms with Crippen LogP contribution in [0.4, 0.5) is 22.7 Å². The van der Waals surface area contributed by atoms with Crippen molar-refractivity contribution in [3.63, 3.8) is 0 Å². The van der Waals surface area contributed by atoms with Gasteiger partial charge in [-0.3, -0.25) is 0 Å². The van der Waals surface area contributed by atoms with Gasteiger partial charge in [0, 0.05) is 50.6 Å². The molecule has 10 aromatic rings. The minimum absolute atomic E-state index is 0.0532. The molecule has 2 aromatic heterocycles. The molecule has 4 aliphatic rings. The number of aryl methyl sites for hydroxylation is 6. The minimum Gasteiger partial charge on any atom is -0.460 e. The zero-order valence-electron chi connectivity index (χ0n) is 46.6. The van der Waals surface area contributed by atoms with Gasteiger partial charge >= 0.3 is 0 Å². The van der Waals surface area contributed by atoms with E-state index < -0.39 is 5.41 Å². The number of hydrogen-bond donors (Lipinski definition) is 0. The van der Waals surface area contributed by atoms with E-state index in [0.717, 1.165) is 62.2 Å². The van der Waals surface area contributed by atoms with E-state index in [9.17, 15) is 0 Å². The second-order valence-corrected chi connectivity index (χ2v) is 23.3. The third kappa shape index (κ3) is 6.57. The van der Waals surface area contributed by atoms with Crippen LogP contribution in [-0.4, -0.2) is 6.04 Å². The number of allylic oxidation sites excluding steroid dienone is 3. The number of anilines is 4. The van der Waals surface area contributed by atoms with Gasteiger partial charge in [-0.1, -0.05) is 108 Å². The molecular weight excluding hydrogens is 937 g/mol. The Kier molecular flexibility index (Phi) is 10.4. The Balaban J connectivity index is 1.17. The predicted octanol–water partition coefficient (Wildman–Crippen LogP) is 19.6. The van der Waals surface area contributed by atoms with E-state index in [2.05, 4.69) is 245 Å². The van der Waals surface area contributed by atoms with Gasteiger partial charge in [0.25, 0.3) is 0 Å². The summed E-state index contributed by atoms with van der Waals surface area (Å²) in [5.74, 6) is 0.644. The summed E-state index contributed by atoms with van der Waals surface area (Å²) in [7, 11) is 0. The molecule has 4 heteroatoms. The van der Waals surface area contributed by atoms with E-state index in [1.807, 2.05) is 0 Å². The number of benzene rings is 8. The Labute approximate surface area is 453 Å². The molecule has 0 saturated carbocycles. The van der Waals surface area contributed by atoms with Crippen LogP contribution in [0.15, 0.2) is 177 Å². The van der Waals surface area contributed by atoms with Crippen molar-refractivity contribution in [2.45, 2.75) is 107 Å². The fraction of sp³-hybridized carbons (Fsp3) is 0.233. The van der Waals surface area contributed by atoms with Crippen LogP contribution in [0.3, 0.4) is 0 Å². The maximum Gasteiger partial charge on any atom is 0.141 e. The van der Waals surface area contributed by atoms with E-state index in [-0.39, 0.29) is 17.9 Å². The lowest BCUT2D eigenvalue weighted by Gasteiger charge is -2.42. The number of fused-ring (bicyclic) bond motifs is 18. The van der Waals surface area contributed by atoms with Crippen LogP contribution in [0.1, 0.15) is 117 Å². The molecule has 3 unspecified atom stereocenters. The van der Waals surface area contributed by atoms with Gasteiger partial charge in [0.15, 0.2) is 0 Å². The van der Waals surface area contributed by atoms with Crippen molar-refractivity contribution >= 4 is 61.4 Å². The normalized spacial score (nSPS) is 17.9. The smallest absolute Gasteiger partial charge is 0.141 e. The Hall–Kier alpha value is -8.08. The monoisotopic (exact) mass is 1000 g/mol. The lowest BCUT2D eigenvalue weighted by Crippen LogP contribution is -2.39. The van der Waals surface area contributed by atoms with Gasteiger partial charge < -0.3 is 18.6 Å². The van der Waals surface area contributed by atoms with E-state index >= 15 is 0 Å². The molecule has 8 aromatic carbocycles. The fourth-order valence-corrected chi connectivity index (χ4v) is 14.6. The second kappa shape index (κ2) is 17.0. The van der Waals surface area contributed by atoms with Gasteiger partial charge in [-0.25, -0.2) is 0 Å². The molecule has 0 N–H and O–H groups in total. The SMILES string of the molecule is CC1=CC(N(C2=CC3C(c4oc5ccccc5c42)c2c(cc(N(c4cc(C)c(C)c(C)c4)c4cc(C)c(C)c(C)c4)c4c2oc2ccccc24)C32c3ccccc3-c3ccccc32)c2cc(C)c(C)c(C)c2)CC(C)=C1C. The maximum atomic E-state index is 7.64. The first-order valence-electron chi connectivity index (χ1n) is 27.7. The molecule has 0 bridgehead atoms. The molecule has 4 aliphatic carbocycles. The summed E-state index contributed by atoms with van der Waals surface area (Å²) in [6, 6.07) is 53.1. The highest BCUT2D eigenvalue weighted by Gasteiger charge is 2.62. The van der Waals surface area contributed by atoms with Crippen molar-refractivity contribution in [3.05, 3.63) is 252 Å². The first-order valence-corrected chi connectivity index (χ1v) is 27.7. The van der Waals surface area contributed by atoms with Gasteiger partial charge in [-0.15, -0.1) is 0 Å². The molecule has 4 nitrogen and oxygen atoms in total. The molecular formula is C73H66N2O2. The van der Waals surface area contributed by atoms with Crippen LogP contribution in [-0.2, 0) is 5.41 Å². The fourth-order valence-electron chi connectivity index (χ4n) is 14.6. The Bertz CT molecular complexity index is 4140. The van der Waals surface area contributed by atoms with Gasteiger partial charge in [-0.2, -0.15) is 0 Å². The topological polar surface area (TPSA) is 32.8 Å². The van der Waals surface area contributed by atoms with E-state index in [1.165, 1.54) is 117 Å². The van der Waals surface area contributed by atoms with E-state index in [4.69, 9.17) is 8.83 Å². The van der Waals surface area contributed by atoms with Crippen molar-refractivity contribution in [2.24, 2.45) is 5.92 Å². The standard InChI is InChI=1S/C73H66N2O2/c1-39-29-51(30-40(2)47(39)9)74(52-31-41(3)48(10)42(4)32-52)63-37-61-69(71-67(63)57-23-15-19-27-65(57)76-71)70-62(73(61)59-25-17-13-21-55(59)56-22-14-18-26-60(56)73)38-64(68-58-24-16-20-28-66(58)77-72(68)70)75(53-33-43(5)49(11)44(6)34-53)54-35-45(7)50(12)46(8)36-54/h13-35,37-38,54,62,70H,36H2,1-12H3. The van der Waals surface area contributed by atoms with Crippen molar-refractivity contribution in [1.82, 2.24) is 0 Å².